The Balaban J connectivity index is 2.04. The minimum absolute atomic E-state index is 0.204. The summed E-state index contributed by atoms with van der Waals surface area (Å²) in [5.74, 6) is -0.204. The summed E-state index contributed by atoms with van der Waals surface area (Å²) in [5, 5.41) is 3.26. The molecule has 0 aliphatic heterocycles. The van der Waals surface area contributed by atoms with Crippen molar-refractivity contribution in [2.45, 2.75) is 37.8 Å². The average Bonchev–Trinajstić information content (AvgIpc) is 2.26. The molecule has 0 heterocycles. The number of nitrogens with two attached hydrogens (primary N) is 1. The van der Waals surface area contributed by atoms with Gasteiger partial charge in [-0.1, -0.05) is 6.07 Å². The Morgan fingerprint density at radius 2 is 1.94 bits per heavy atom. The van der Waals surface area contributed by atoms with Crippen LogP contribution < -0.4 is 11.1 Å². The van der Waals surface area contributed by atoms with E-state index in [9.17, 15) is 4.39 Å². The third-order valence-corrected chi connectivity index (χ3v) is 3.74. The van der Waals surface area contributed by atoms with Gasteiger partial charge in [0.15, 0.2) is 0 Å². The second-order valence-corrected chi connectivity index (χ2v) is 5.21. The maximum absolute atomic E-state index is 13.6. The Bertz CT molecular complexity index is 342. The average molecular weight is 287 g/mol. The predicted octanol–water partition coefficient (Wildman–Crippen LogP) is 3.27. The summed E-state index contributed by atoms with van der Waals surface area (Å²) in [6.07, 6.45) is 4.07. The van der Waals surface area contributed by atoms with Crippen LogP contribution in [0, 0.1) is 5.82 Å². The lowest BCUT2D eigenvalue weighted by molar-refractivity contribution is 0.410. The summed E-state index contributed by atoms with van der Waals surface area (Å²) in [6, 6.07) is 5.68. The largest absolute Gasteiger partial charge is 0.379 e. The van der Waals surface area contributed by atoms with Crippen LogP contribution in [-0.2, 0) is 0 Å². The molecule has 1 aromatic carbocycles. The molecule has 2 rings (SSSR count). The lowest BCUT2D eigenvalue weighted by Gasteiger charge is -2.28. The third kappa shape index (κ3) is 2.74. The summed E-state index contributed by atoms with van der Waals surface area (Å²) >= 11 is 3.36. The van der Waals surface area contributed by atoms with Gasteiger partial charge in [0.1, 0.15) is 5.82 Å². The molecule has 4 heteroatoms. The number of rotatable bonds is 2. The third-order valence-electron chi connectivity index (χ3n) is 3.08. The Labute approximate surface area is 104 Å². The van der Waals surface area contributed by atoms with Crippen LogP contribution in [0.4, 0.5) is 10.1 Å². The fourth-order valence-electron chi connectivity index (χ4n) is 2.10. The van der Waals surface area contributed by atoms with Gasteiger partial charge < -0.3 is 11.1 Å². The zero-order valence-electron chi connectivity index (χ0n) is 9.05. The zero-order valence-corrected chi connectivity index (χ0v) is 10.6. The van der Waals surface area contributed by atoms with Crippen LogP contribution in [0.5, 0.6) is 0 Å². The van der Waals surface area contributed by atoms with E-state index < -0.39 is 0 Å². The quantitative estimate of drug-likeness (QED) is 0.876. The highest BCUT2D eigenvalue weighted by atomic mass is 79.9. The van der Waals surface area contributed by atoms with Crippen molar-refractivity contribution in [1.29, 1.82) is 0 Å². The second-order valence-electron chi connectivity index (χ2n) is 4.35. The smallest absolute Gasteiger partial charge is 0.147 e. The molecule has 3 N–H and O–H groups in total. The van der Waals surface area contributed by atoms with Crippen LogP contribution in [0.1, 0.15) is 25.7 Å². The van der Waals surface area contributed by atoms with Gasteiger partial charge in [0.05, 0.1) is 5.69 Å². The van der Waals surface area contributed by atoms with Gasteiger partial charge in [0.25, 0.3) is 0 Å². The molecule has 0 spiro atoms. The van der Waals surface area contributed by atoms with Crippen molar-refractivity contribution in [3.63, 3.8) is 0 Å². The number of halogens is 2. The lowest BCUT2D eigenvalue weighted by Crippen LogP contribution is -2.33. The number of hydrogen-bond donors (Lipinski definition) is 2. The molecular formula is C12H16BrFN2. The van der Waals surface area contributed by atoms with Crippen LogP contribution >= 0.6 is 15.9 Å². The SMILES string of the molecule is NC1CCC(Nc2c(F)cccc2Br)CC1. The molecule has 1 aromatic rings. The minimum atomic E-state index is -0.204. The molecule has 0 atom stereocenters. The number of nitrogens with one attached hydrogen (secondary N) is 1. The molecule has 2 nitrogen and oxygen atoms in total. The number of anilines is 1. The van der Waals surface area contributed by atoms with Gasteiger partial charge in [-0.25, -0.2) is 4.39 Å². The van der Waals surface area contributed by atoms with Crippen LogP contribution in [0.25, 0.3) is 0 Å². The van der Waals surface area contributed by atoms with Crippen molar-refractivity contribution in [1.82, 2.24) is 0 Å². The van der Waals surface area contributed by atoms with Gasteiger partial charge >= 0.3 is 0 Å². The normalized spacial score (nSPS) is 25.4. The molecule has 0 unspecified atom stereocenters. The van der Waals surface area contributed by atoms with Crippen molar-refractivity contribution < 1.29 is 4.39 Å². The first-order chi connectivity index (χ1) is 7.66. The highest BCUT2D eigenvalue weighted by Crippen LogP contribution is 2.28. The van der Waals surface area contributed by atoms with Gasteiger partial charge in [-0.2, -0.15) is 0 Å². The molecule has 0 aromatic heterocycles. The van der Waals surface area contributed by atoms with E-state index in [-0.39, 0.29) is 5.82 Å². The van der Waals surface area contributed by atoms with E-state index in [2.05, 4.69) is 21.2 Å². The molecule has 1 aliphatic rings. The number of benzene rings is 1. The van der Waals surface area contributed by atoms with E-state index in [1.807, 2.05) is 6.07 Å². The predicted molar refractivity (Wildman–Crippen MR) is 68.0 cm³/mol. The van der Waals surface area contributed by atoms with Crippen LogP contribution in [0.3, 0.4) is 0 Å². The highest BCUT2D eigenvalue weighted by molar-refractivity contribution is 9.10. The first kappa shape index (κ1) is 11.9. The molecule has 88 valence electrons. The molecule has 1 saturated carbocycles. The van der Waals surface area contributed by atoms with Crippen LogP contribution in [0.2, 0.25) is 0 Å². The molecule has 0 amide bonds. The molecule has 16 heavy (non-hydrogen) atoms. The summed E-state index contributed by atoms with van der Waals surface area (Å²) in [5.41, 5.74) is 6.41. The monoisotopic (exact) mass is 286 g/mol. The second kappa shape index (κ2) is 5.15. The number of hydrogen-bond acceptors (Lipinski definition) is 2. The minimum Gasteiger partial charge on any atom is -0.379 e. The first-order valence-electron chi connectivity index (χ1n) is 5.63. The molecular weight excluding hydrogens is 271 g/mol. The van der Waals surface area contributed by atoms with Crippen LogP contribution in [0.15, 0.2) is 22.7 Å². The maximum atomic E-state index is 13.6. The molecule has 0 radical (unpaired) electrons. The maximum Gasteiger partial charge on any atom is 0.147 e. The van der Waals surface area contributed by atoms with E-state index in [1.54, 1.807) is 6.07 Å². The molecule has 1 fully saturated rings. The Morgan fingerprint density at radius 1 is 1.25 bits per heavy atom. The number of para-hydroxylation sites is 1. The Hall–Kier alpha value is -0.610. The van der Waals surface area contributed by atoms with E-state index in [4.69, 9.17) is 5.73 Å². The standard InChI is InChI=1S/C12H16BrFN2/c13-10-2-1-3-11(14)12(10)16-9-6-4-8(15)5-7-9/h1-3,8-9,16H,4-7,15H2. The Morgan fingerprint density at radius 3 is 2.56 bits per heavy atom. The van der Waals surface area contributed by atoms with Crippen molar-refractivity contribution >= 4 is 21.6 Å². The zero-order chi connectivity index (χ0) is 11.5. The van der Waals surface area contributed by atoms with Crippen molar-refractivity contribution in [2.75, 3.05) is 5.32 Å². The van der Waals surface area contributed by atoms with Gasteiger partial charge in [0, 0.05) is 16.6 Å². The highest BCUT2D eigenvalue weighted by Gasteiger charge is 2.19. The molecule has 1 aliphatic carbocycles. The van der Waals surface area contributed by atoms with Crippen molar-refractivity contribution in [2.24, 2.45) is 5.73 Å². The lowest BCUT2D eigenvalue weighted by atomic mass is 9.91. The van der Waals surface area contributed by atoms with Crippen LogP contribution in [-0.4, -0.2) is 12.1 Å². The first-order valence-corrected chi connectivity index (χ1v) is 6.42. The Kier molecular flexibility index (Phi) is 3.82. The molecule has 0 saturated heterocycles. The summed E-state index contributed by atoms with van der Waals surface area (Å²) < 4.78 is 14.3. The van der Waals surface area contributed by atoms with E-state index >= 15 is 0 Å². The fourth-order valence-corrected chi connectivity index (χ4v) is 2.56. The fraction of sp³-hybridized carbons (Fsp3) is 0.500. The summed E-state index contributed by atoms with van der Waals surface area (Å²) in [7, 11) is 0. The van der Waals surface area contributed by atoms with E-state index in [0.717, 1.165) is 30.2 Å². The van der Waals surface area contributed by atoms with Crippen molar-refractivity contribution in [3.05, 3.63) is 28.5 Å². The summed E-state index contributed by atoms with van der Waals surface area (Å²) in [6.45, 7) is 0. The van der Waals surface area contributed by atoms with E-state index in [0.29, 0.717) is 17.8 Å². The van der Waals surface area contributed by atoms with Gasteiger partial charge in [0.2, 0.25) is 0 Å². The van der Waals surface area contributed by atoms with Crippen molar-refractivity contribution in [3.8, 4) is 0 Å². The van der Waals surface area contributed by atoms with Gasteiger partial charge in [-0.15, -0.1) is 0 Å². The van der Waals surface area contributed by atoms with E-state index in [1.165, 1.54) is 6.07 Å². The molecule has 0 bridgehead atoms. The topological polar surface area (TPSA) is 38.0 Å². The van der Waals surface area contributed by atoms with Gasteiger partial charge in [-0.3, -0.25) is 0 Å². The summed E-state index contributed by atoms with van der Waals surface area (Å²) in [4.78, 5) is 0. The van der Waals surface area contributed by atoms with Gasteiger partial charge in [-0.05, 0) is 53.7 Å².